The highest BCUT2D eigenvalue weighted by Crippen LogP contribution is 2.31. The second-order valence-corrected chi connectivity index (χ2v) is 9.71. The predicted octanol–water partition coefficient (Wildman–Crippen LogP) is 5.45. The Morgan fingerprint density at radius 2 is 1.64 bits per heavy atom. The monoisotopic (exact) mass is 684 g/mol. The van der Waals surface area contributed by atoms with Gasteiger partial charge in [0.05, 0.1) is 12.8 Å². The smallest absolute Gasteiger partial charge is 0.270 e. The van der Waals surface area contributed by atoms with Gasteiger partial charge in [0.2, 0.25) is 0 Å². The lowest BCUT2D eigenvalue weighted by Crippen LogP contribution is -2.54. The average Bonchev–Trinajstić information content (AvgIpc) is 2.78. The van der Waals surface area contributed by atoms with Crippen molar-refractivity contribution < 1.29 is 18.7 Å². The van der Waals surface area contributed by atoms with Crippen LogP contribution in [0.2, 0.25) is 0 Å². The van der Waals surface area contributed by atoms with Crippen LogP contribution in [0, 0.1) is 13.0 Å². The summed E-state index contributed by atoms with van der Waals surface area (Å²) in [6.45, 7) is 0.420. The molecule has 0 spiro atoms. The zero-order valence-electron chi connectivity index (χ0n) is 16.8. The molecule has 1 aliphatic rings. The van der Waals surface area contributed by atoms with E-state index in [1.54, 1.807) is 6.07 Å². The summed E-state index contributed by atoms with van der Waals surface area (Å²) in [6, 6.07) is 19.2. The molecule has 0 aromatic heterocycles. The van der Waals surface area contributed by atoms with Crippen molar-refractivity contribution in [1.29, 1.82) is 0 Å². The van der Waals surface area contributed by atoms with Crippen LogP contribution >= 0.6 is 57.4 Å². The number of hydrogen-bond acceptors (Lipinski definition) is 4. The SMILES string of the molecule is O=C1NC(=S)N(c2ccccc2F)C(=O)/C1=C/c1cc(I)c(OCc2ccccc2)c(I)c1. The summed E-state index contributed by atoms with van der Waals surface area (Å²) in [4.78, 5) is 26.6. The van der Waals surface area contributed by atoms with Gasteiger partial charge >= 0.3 is 0 Å². The second-order valence-electron chi connectivity index (χ2n) is 7.00. The molecule has 5 nitrogen and oxygen atoms in total. The molecule has 1 fully saturated rings. The molecular formula is C24H15FI2N2O3S. The third-order valence-electron chi connectivity index (χ3n) is 4.75. The number of thiocarbonyl (C=S) groups is 1. The fraction of sp³-hybridized carbons (Fsp3) is 0.0417. The molecule has 1 aliphatic heterocycles. The van der Waals surface area contributed by atoms with Gasteiger partial charge < -0.3 is 4.74 Å². The van der Waals surface area contributed by atoms with Crippen molar-refractivity contribution in [2.75, 3.05) is 4.90 Å². The molecule has 0 unspecified atom stereocenters. The normalized spacial score (nSPS) is 15.1. The van der Waals surface area contributed by atoms with E-state index < -0.39 is 17.6 Å². The van der Waals surface area contributed by atoms with E-state index in [2.05, 4.69) is 50.5 Å². The number of anilines is 1. The zero-order chi connectivity index (χ0) is 23.5. The van der Waals surface area contributed by atoms with E-state index in [1.165, 1.54) is 24.3 Å². The molecule has 1 heterocycles. The Morgan fingerprint density at radius 3 is 2.30 bits per heavy atom. The predicted molar refractivity (Wildman–Crippen MR) is 145 cm³/mol. The molecule has 33 heavy (non-hydrogen) atoms. The van der Waals surface area contributed by atoms with Gasteiger partial charge in [-0.2, -0.15) is 0 Å². The number of para-hydroxylation sites is 1. The van der Waals surface area contributed by atoms with Crippen LogP contribution in [0.5, 0.6) is 5.75 Å². The minimum absolute atomic E-state index is 0.0211. The van der Waals surface area contributed by atoms with Crippen molar-refractivity contribution in [3.05, 3.63) is 96.4 Å². The first-order valence-electron chi connectivity index (χ1n) is 9.67. The van der Waals surface area contributed by atoms with Gasteiger partial charge in [0.25, 0.3) is 11.8 Å². The molecule has 3 aromatic carbocycles. The average molecular weight is 684 g/mol. The zero-order valence-corrected chi connectivity index (χ0v) is 22.0. The van der Waals surface area contributed by atoms with E-state index in [0.717, 1.165) is 23.4 Å². The van der Waals surface area contributed by atoms with Crippen molar-refractivity contribution in [3.8, 4) is 5.75 Å². The summed E-state index contributed by atoms with van der Waals surface area (Å²) in [5.74, 6) is -1.22. The topological polar surface area (TPSA) is 58.6 Å². The molecule has 0 atom stereocenters. The number of carbonyl (C=O) groups is 2. The molecule has 0 bridgehead atoms. The fourth-order valence-electron chi connectivity index (χ4n) is 3.21. The van der Waals surface area contributed by atoms with Crippen LogP contribution in [-0.2, 0) is 16.2 Å². The standard InChI is InChI=1S/C24H15FI2N2O3S/c25-17-8-4-5-9-20(17)29-23(31)16(22(30)28-24(29)33)10-15-11-18(26)21(19(27)12-15)32-13-14-6-2-1-3-7-14/h1-12H,13H2,(H,28,30,33)/b16-10+. The summed E-state index contributed by atoms with van der Waals surface area (Å²) in [6.07, 6.45) is 1.47. The Kier molecular flexibility index (Phi) is 7.39. The summed E-state index contributed by atoms with van der Waals surface area (Å²) in [5, 5.41) is 2.30. The number of nitrogens with zero attached hydrogens (tertiary/aromatic N) is 1. The van der Waals surface area contributed by atoms with E-state index in [-0.39, 0.29) is 16.4 Å². The molecule has 2 amide bonds. The lowest BCUT2D eigenvalue weighted by molar-refractivity contribution is -0.122. The Bertz CT molecular complexity index is 1270. The summed E-state index contributed by atoms with van der Waals surface area (Å²) >= 11 is 9.44. The highest BCUT2D eigenvalue weighted by Gasteiger charge is 2.35. The van der Waals surface area contributed by atoms with Gasteiger partial charge in [-0.25, -0.2) is 9.29 Å². The Labute approximate surface area is 222 Å². The van der Waals surface area contributed by atoms with Crippen LogP contribution < -0.4 is 15.0 Å². The first-order chi connectivity index (χ1) is 15.8. The maximum Gasteiger partial charge on any atom is 0.270 e. The van der Waals surface area contributed by atoms with Crippen molar-refractivity contribution >= 4 is 86.1 Å². The van der Waals surface area contributed by atoms with Crippen LogP contribution in [0.1, 0.15) is 11.1 Å². The maximum atomic E-state index is 14.3. The van der Waals surface area contributed by atoms with Gasteiger partial charge in [0, 0.05) is 0 Å². The highest BCUT2D eigenvalue weighted by molar-refractivity contribution is 14.1. The lowest BCUT2D eigenvalue weighted by atomic mass is 10.1. The van der Waals surface area contributed by atoms with Crippen LogP contribution in [0.3, 0.4) is 0 Å². The number of halogens is 3. The molecule has 1 saturated heterocycles. The van der Waals surface area contributed by atoms with Crippen molar-refractivity contribution in [1.82, 2.24) is 5.32 Å². The van der Waals surface area contributed by atoms with Crippen molar-refractivity contribution in [3.63, 3.8) is 0 Å². The number of rotatable bonds is 5. The molecule has 0 saturated carbocycles. The van der Waals surface area contributed by atoms with Gasteiger partial charge in [-0.3, -0.25) is 14.9 Å². The number of ether oxygens (including phenoxy) is 1. The van der Waals surface area contributed by atoms with Gasteiger partial charge in [-0.05, 0) is 98.9 Å². The van der Waals surface area contributed by atoms with Gasteiger partial charge in [-0.1, -0.05) is 42.5 Å². The number of amides is 2. The number of hydrogen-bond donors (Lipinski definition) is 1. The van der Waals surface area contributed by atoms with Gasteiger partial charge in [-0.15, -0.1) is 0 Å². The van der Waals surface area contributed by atoms with Gasteiger partial charge in [0.15, 0.2) is 5.11 Å². The largest absolute Gasteiger partial charge is 0.487 e. The molecule has 1 N–H and O–H groups in total. The van der Waals surface area contributed by atoms with E-state index in [9.17, 15) is 14.0 Å². The minimum Gasteiger partial charge on any atom is -0.487 e. The highest BCUT2D eigenvalue weighted by atomic mass is 127. The quantitative estimate of drug-likeness (QED) is 0.168. The molecule has 0 radical (unpaired) electrons. The van der Waals surface area contributed by atoms with Gasteiger partial charge in [0.1, 0.15) is 23.7 Å². The first kappa shape index (κ1) is 23.8. The number of nitrogens with one attached hydrogen (secondary N) is 1. The molecular weight excluding hydrogens is 669 g/mol. The summed E-state index contributed by atoms with van der Waals surface area (Å²) in [7, 11) is 0. The molecule has 166 valence electrons. The van der Waals surface area contributed by atoms with Crippen LogP contribution in [0.15, 0.2) is 72.3 Å². The maximum absolute atomic E-state index is 14.3. The molecule has 9 heteroatoms. The summed E-state index contributed by atoms with van der Waals surface area (Å²) in [5.41, 5.74) is 1.52. The van der Waals surface area contributed by atoms with Crippen molar-refractivity contribution in [2.24, 2.45) is 0 Å². The molecule has 4 rings (SSSR count). The minimum atomic E-state index is -0.691. The second kappa shape index (κ2) is 10.3. The van der Waals surface area contributed by atoms with Crippen molar-refractivity contribution in [2.45, 2.75) is 6.61 Å². The third-order valence-corrected chi connectivity index (χ3v) is 6.64. The lowest BCUT2D eigenvalue weighted by Gasteiger charge is -2.29. The fourth-order valence-corrected chi connectivity index (χ4v) is 5.61. The Morgan fingerprint density at radius 1 is 1.00 bits per heavy atom. The Hall–Kier alpha value is -2.38. The third kappa shape index (κ3) is 5.25. The van der Waals surface area contributed by atoms with E-state index >= 15 is 0 Å². The van der Waals surface area contributed by atoms with E-state index in [0.29, 0.717) is 12.2 Å². The van der Waals surface area contributed by atoms with E-state index in [1.807, 2.05) is 42.5 Å². The number of carbonyl (C=O) groups excluding carboxylic acids is 2. The molecule has 0 aliphatic carbocycles. The van der Waals surface area contributed by atoms with E-state index in [4.69, 9.17) is 17.0 Å². The Balaban J connectivity index is 1.63. The molecule has 3 aromatic rings. The first-order valence-corrected chi connectivity index (χ1v) is 12.2. The number of benzene rings is 3. The van der Waals surface area contributed by atoms with Crippen LogP contribution in [-0.4, -0.2) is 16.9 Å². The van der Waals surface area contributed by atoms with Crippen LogP contribution in [0.25, 0.3) is 6.08 Å². The van der Waals surface area contributed by atoms with Crippen LogP contribution in [0.4, 0.5) is 10.1 Å². The summed E-state index contributed by atoms with van der Waals surface area (Å²) < 4.78 is 22.0.